The van der Waals surface area contributed by atoms with Gasteiger partial charge in [0, 0.05) is 44.2 Å². The Kier molecular flexibility index (Phi) is 5.71. The Hall–Kier alpha value is -2.34. The summed E-state index contributed by atoms with van der Waals surface area (Å²) in [6.07, 6.45) is 2.51. The molecule has 0 aliphatic carbocycles. The van der Waals surface area contributed by atoms with E-state index >= 15 is 0 Å². The minimum atomic E-state index is -0.0167. The average Bonchev–Trinajstić information content (AvgIpc) is 2.89. The molecule has 0 spiro atoms. The molecule has 25 heavy (non-hydrogen) atoms. The van der Waals surface area contributed by atoms with Gasteiger partial charge in [-0.25, -0.2) is 4.98 Å². The summed E-state index contributed by atoms with van der Waals surface area (Å²) in [5.41, 5.74) is 0.618. The molecule has 0 N–H and O–H groups in total. The number of amides is 2. The van der Waals surface area contributed by atoms with Crippen molar-refractivity contribution in [3.8, 4) is 0 Å². The Labute approximate surface area is 152 Å². The van der Waals surface area contributed by atoms with Crippen molar-refractivity contribution >= 4 is 23.6 Å². The van der Waals surface area contributed by atoms with Gasteiger partial charge >= 0.3 is 0 Å². The highest BCUT2D eigenvalue weighted by atomic mass is 32.2. The normalized spacial score (nSPS) is 14.9. The predicted octanol–water partition coefficient (Wildman–Crippen LogP) is 2.93. The van der Waals surface area contributed by atoms with Crippen LogP contribution in [-0.2, 0) is 4.79 Å². The zero-order valence-electron chi connectivity index (χ0n) is 14.2. The van der Waals surface area contributed by atoms with Gasteiger partial charge in [0.15, 0.2) is 0 Å². The first-order valence-electron chi connectivity index (χ1n) is 8.38. The molecule has 1 aliphatic rings. The van der Waals surface area contributed by atoms with Gasteiger partial charge in [-0.2, -0.15) is 0 Å². The van der Waals surface area contributed by atoms with Crippen LogP contribution in [0.2, 0.25) is 0 Å². The van der Waals surface area contributed by atoms with Crippen LogP contribution in [0.1, 0.15) is 23.7 Å². The van der Waals surface area contributed by atoms with Crippen molar-refractivity contribution in [2.24, 2.45) is 0 Å². The fourth-order valence-corrected chi connectivity index (χ4v) is 3.74. The zero-order chi connectivity index (χ0) is 17.6. The Morgan fingerprint density at radius 2 is 1.68 bits per heavy atom. The summed E-state index contributed by atoms with van der Waals surface area (Å²) < 4.78 is 0. The molecule has 0 bridgehead atoms. The molecule has 0 saturated carbocycles. The van der Waals surface area contributed by atoms with Crippen LogP contribution in [-0.4, -0.2) is 52.8 Å². The monoisotopic (exact) mass is 355 g/mol. The molecule has 0 unspecified atom stereocenters. The zero-order valence-corrected chi connectivity index (χ0v) is 15.0. The second-order valence-electron chi connectivity index (χ2n) is 5.92. The van der Waals surface area contributed by atoms with E-state index in [0.29, 0.717) is 36.8 Å². The van der Waals surface area contributed by atoms with Gasteiger partial charge in [-0.3, -0.25) is 9.59 Å². The molecule has 5 nitrogen and oxygen atoms in total. The van der Waals surface area contributed by atoms with E-state index in [1.807, 2.05) is 41.3 Å². The van der Waals surface area contributed by atoms with Crippen LogP contribution in [0.5, 0.6) is 0 Å². The molecule has 2 amide bonds. The van der Waals surface area contributed by atoms with Crippen molar-refractivity contribution in [1.29, 1.82) is 0 Å². The fourth-order valence-electron chi connectivity index (χ4n) is 2.84. The van der Waals surface area contributed by atoms with Crippen molar-refractivity contribution in [1.82, 2.24) is 14.8 Å². The summed E-state index contributed by atoms with van der Waals surface area (Å²) in [5, 5.41) is 0.714. The van der Waals surface area contributed by atoms with Crippen LogP contribution in [0.3, 0.4) is 0 Å². The summed E-state index contributed by atoms with van der Waals surface area (Å²) in [7, 11) is 0. The maximum absolute atomic E-state index is 13.0. The van der Waals surface area contributed by atoms with Crippen LogP contribution in [0.25, 0.3) is 0 Å². The molecule has 1 saturated heterocycles. The number of aromatic nitrogens is 1. The third-order valence-electron chi connectivity index (χ3n) is 4.19. The summed E-state index contributed by atoms with van der Waals surface area (Å²) in [5.74, 6) is 0.0490. The minimum absolute atomic E-state index is 0.0167. The van der Waals surface area contributed by atoms with Gasteiger partial charge in [0.2, 0.25) is 5.91 Å². The first kappa shape index (κ1) is 17.5. The number of nitrogens with zero attached hydrogens (tertiary/aromatic N) is 3. The molecule has 2 heterocycles. The predicted molar refractivity (Wildman–Crippen MR) is 97.6 cm³/mol. The standard InChI is InChI=1S/C19H21N3O2S/c1-15(23)21-11-6-12-22(14-13-21)19(24)17-9-5-10-20-18(17)25-16-7-3-2-4-8-16/h2-5,7-10H,6,11-14H2,1H3. The molecular formula is C19H21N3O2S. The Morgan fingerprint density at radius 3 is 2.44 bits per heavy atom. The van der Waals surface area contributed by atoms with E-state index < -0.39 is 0 Å². The molecule has 1 aromatic carbocycles. The molecule has 2 aromatic rings. The van der Waals surface area contributed by atoms with E-state index in [2.05, 4.69) is 4.98 Å². The first-order valence-corrected chi connectivity index (χ1v) is 9.19. The van der Waals surface area contributed by atoms with Gasteiger partial charge in [-0.1, -0.05) is 30.0 Å². The first-order chi connectivity index (χ1) is 12.1. The maximum Gasteiger partial charge on any atom is 0.256 e. The van der Waals surface area contributed by atoms with Crippen LogP contribution in [0.4, 0.5) is 0 Å². The van der Waals surface area contributed by atoms with Crippen molar-refractivity contribution < 1.29 is 9.59 Å². The third-order valence-corrected chi connectivity index (χ3v) is 5.21. The SMILES string of the molecule is CC(=O)N1CCCN(C(=O)c2cccnc2Sc2ccccc2)CC1. The molecule has 1 aromatic heterocycles. The van der Waals surface area contributed by atoms with Crippen LogP contribution in [0.15, 0.2) is 58.6 Å². The molecule has 0 atom stereocenters. The number of rotatable bonds is 3. The quantitative estimate of drug-likeness (QED) is 0.849. The van der Waals surface area contributed by atoms with E-state index in [9.17, 15) is 9.59 Å². The Bertz CT molecular complexity index is 751. The molecule has 6 heteroatoms. The molecule has 1 fully saturated rings. The van der Waals surface area contributed by atoms with Gasteiger partial charge in [0.05, 0.1) is 5.56 Å². The lowest BCUT2D eigenvalue weighted by molar-refractivity contribution is -0.128. The molecule has 130 valence electrons. The Morgan fingerprint density at radius 1 is 0.960 bits per heavy atom. The minimum Gasteiger partial charge on any atom is -0.341 e. The topological polar surface area (TPSA) is 53.5 Å². The average molecular weight is 355 g/mol. The highest BCUT2D eigenvalue weighted by molar-refractivity contribution is 7.99. The molecule has 3 rings (SSSR count). The molecular weight excluding hydrogens is 334 g/mol. The van der Waals surface area contributed by atoms with E-state index in [1.165, 1.54) is 11.8 Å². The van der Waals surface area contributed by atoms with E-state index in [0.717, 1.165) is 11.3 Å². The maximum atomic E-state index is 13.0. The lowest BCUT2D eigenvalue weighted by atomic mass is 10.2. The van der Waals surface area contributed by atoms with Gasteiger partial charge in [-0.15, -0.1) is 0 Å². The van der Waals surface area contributed by atoms with Crippen molar-refractivity contribution in [2.45, 2.75) is 23.3 Å². The van der Waals surface area contributed by atoms with Crippen molar-refractivity contribution in [3.05, 3.63) is 54.2 Å². The van der Waals surface area contributed by atoms with E-state index in [-0.39, 0.29) is 11.8 Å². The van der Waals surface area contributed by atoms with E-state index in [4.69, 9.17) is 0 Å². The largest absolute Gasteiger partial charge is 0.341 e. The smallest absolute Gasteiger partial charge is 0.256 e. The summed E-state index contributed by atoms with van der Waals surface area (Å²) in [6.45, 7) is 4.09. The Balaban J connectivity index is 1.77. The van der Waals surface area contributed by atoms with Crippen LogP contribution < -0.4 is 0 Å². The number of carbonyl (C=O) groups excluding carboxylic acids is 2. The number of benzene rings is 1. The highest BCUT2D eigenvalue weighted by Crippen LogP contribution is 2.29. The number of pyridine rings is 1. The van der Waals surface area contributed by atoms with Crippen molar-refractivity contribution in [3.63, 3.8) is 0 Å². The summed E-state index contributed by atoms with van der Waals surface area (Å²) in [4.78, 5) is 33.7. The van der Waals surface area contributed by atoms with Gasteiger partial charge in [-0.05, 0) is 30.7 Å². The lowest BCUT2D eigenvalue weighted by Gasteiger charge is -2.22. The lowest BCUT2D eigenvalue weighted by Crippen LogP contribution is -2.36. The second kappa shape index (κ2) is 8.16. The summed E-state index contributed by atoms with van der Waals surface area (Å²) in [6, 6.07) is 13.5. The molecule has 0 radical (unpaired) electrons. The number of hydrogen-bond acceptors (Lipinski definition) is 4. The summed E-state index contributed by atoms with van der Waals surface area (Å²) >= 11 is 1.49. The molecule has 1 aliphatic heterocycles. The van der Waals surface area contributed by atoms with Gasteiger partial charge in [0.25, 0.3) is 5.91 Å². The van der Waals surface area contributed by atoms with Crippen LogP contribution in [0, 0.1) is 0 Å². The van der Waals surface area contributed by atoms with Gasteiger partial charge in [0.1, 0.15) is 5.03 Å². The van der Waals surface area contributed by atoms with Gasteiger partial charge < -0.3 is 9.80 Å². The van der Waals surface area contributed by atoms with E-state index in [1.54, 1.807) is 24.1 Å². The van der Waals surface area contributed by atoms with Crippen molar-refractivity contribution in [2.75, 3.05) is 26.2 Å². The van der Waals surface area contributed by atoms with Crippen LogP contribution >= 0.6 is 11.8 Å². The fraction of sp³-hybridized carbons (Fsp3) is 0.316. The second-order valence-corrected chi connectivity index (χ2v) is 6.99. The number of carbonyl (C=O) groups is 2. The highest BCUT2D eigenvalue weighted by Gasteiger charge is 2.23. The number of hydrogen-bond donors (Lipinski definition) is 0. The third kappa shape index (κ3) is 4.39.